The molecule has 0 saturated carbocycles. The number of thiocarbonyl (C=S) groups is 1. The van der Waals surface area contributed by atoms with Gasteiger partial charge in [-0.25, -0.2) is 0 Å². The number of hydrogen-bond acceptors (Lipinski definition) is 2. The van der Waals surface area contributed by atoms with Gasteiger partial charge in [0.05, 0.1) is 10.0 Å². The summed E-state index contributed by atoms with van der Waals surface area (Å²) in [6.45, 7) is 6.44. The zero-order valence-electron chi connectivity index (χ0n) is 14.1. The van der Waals surface area contributed by atoms with Gasteiger partial charge in [-0.1, -0.05) is 53.0 Å². The highest BCUT2D eigenvalue weighted by atomic mass is 35.5. The number of nitrogens with one attached hydrogen (secondary N) is 1. The van der Waals surface area contributed by atoms with Gasteiger partial charge in [0.15, 0.2) is 5.11 Å². The van der Waals surface area contributed by atoms with E-state index in [4.69, 9.17) is 35.4 Å². The summed E-state index contributed by atoms with van der Waals surface area (Å²) in [6, 6.07) is 14.3. The molecule has 0 spiro atoms. The zero-order chi connectivity index (χ0) is 17.8. The smallest absolute Gasteiger partial charge is 0.169 e. The van der Waals surface area contributed by atoms with Crippen molar-refractivity contribution in [3.8, 4) is 0 Å². The van der Waals surface area contributed by atoms with E-state index in [-0.39, 0.29) is 0 Å². The summed E-state index contributed by atoms with van der Waals surface area (Å²) < 4.78 is 0. The van der Waals surface area contributed by atoms with E-state index in [9.17, 15) is 0 Å². The largest absolute Gasteiger partial charge is 0.368 e. The minimum absolute atomic E-state index is 0.588. The van der Waals surface area contributed by atoms with E-state index in [0.29, 0.717) is 10.0 Å². The number of rotatable bonds is 3. The second kappa shape index (κ2) is 8.26. The number of nitrogens with zero attached hydrogens (tertiary/aromatic N) is 2. The van der Waals surface area contributed by atoms with Crippen LogP contribution in [0.2, 0.25) is 10.0 Å². The molecule has 2 aromatic carbocycles. The van der Waals surface area contributed by atoms with Crippen LogP contribution in [-0.4, -0.2) is 36.2 Å². The summed E-state index contributed by atoms with van der Waals surface area (Å²) in [5, 5.41) is 5.36. The van der Waals surface area contributed by atoms with Gasteiger partial charge in [0.2, 0.25) is 0 Å². The van der Waals surface area contributed by atoms with Gasteiger partial charge in [-0.2, -0.15) is 0 Å². The van der Waals surface area contributed by atoms with Crippen molar-refractivity contribution in [3.63, 3.8) is 0 Å². The second-order valence-corrected chi connectivity index (χ2v) is 7.42. The van der Waals surface area contributed by atoms with Gasteiger partial charge >= 0.3 is 0 Å². The fourth-order valence-corrected chi connectivity index (χ4v) is 3.39. The molecular weight excluding hydrogens is 373 g/mol. The van der Waals surface area contributed by atoms with Crippen LogP contribution >= 0.6 is 35.4 Å². The first-order valence-electron chi connectivity index (χ1n) is 8.31. The first kappa shape index (κ1) is 18.3. The lowest BCUT2D eigenvalue weighted by molar-refractivity contribution is 0.380. The molecule has 0 atom stereocenters. The van der Waals surface area contributed by atoms with Crippen LogP contribution < -0.4 is 10.2 Å². The lowest BCUT2D eigenvalue weighted by Gasteiger charge is -2.37. The molecule has 1 heterocycles. The average molecular weight is 394 g/mol. The monoisotopic (exact) mass is 393 g/mol. The Labute approximate surface area is 164 Å². The van der Waals surface area contributed by atoms with Crippen molar-refractivity contribution >= 4 is 46.2 Å². The van der Waals surface area contributed by atoms with Crippen LogP contribution in [0.15, 0.2) is 42.5 Å². The third-order valence-electron chi connectivity index (χ3n) is 4.40. The third kappa shape index (κ3) is 4.78. The van der Waals surface area contributed by atoms with Crippen LogP contribution in [-0.2, 0) is 6.54 Å². The Morgan fingerprint density at radius 1 is 1.00 bits per heavy atom. The number of benzene rings is 2. The Balaban J connectivity index is 1.50. The molecule has 6 heteroatoms. The van der Waals surface area contributed by atoms with Gasteiger partial charge in [-0.05, 0) is 42.9 Å². The van der Waals surface area contributed by atoms with Crippen molar-refractivity contribution in [2.24, 2.45) is 0 Å². The number of halogens is 2. The van der Waals surface area contributed by atoms with Gasteiger partial charge < -0.3 is 15.1 Å². The Bertz CT molecular complexity index is 741. The third-order valence-corrected chi connectivity index (χ3v) is 5.54. The normalized spacial score (nSPS) is 14.5. The molecule has 0 unspecified atom stereocenters. The van der Waals surface area contributed by atoms with Gasteiger partial charge in [0.1, 0.15) is 0 Å². The molecule has 1 aliphatic heterocycles. The van der Waals surface area contributed by atoms with Crippen LogP contribution in [0.3, 0.4) is 0 Å². The fraction of sp³-hybridized carbons (Fsp3) is 0.316. The molecule has 0 amide bonds. The van der Waals surface area contributed by atoms with E-state index in [1.54, 1.807) is 0 Å². The van der Waals surface area contributed by atoms with E-state index in [1.165, 1.54) is 11.1 Å². The molecule has 25 heavy (non-hydrogen) atoms. The van der Waals surface area contributed by atoms with Gasteiger partial charge in [0, 0.05) is 38.4 Å². The Morgan fingerprint density at radius 3 is 2.32 bits per heavy atom. The van der Waals surface area contributed by atoms with Crippen LogP contribution in [0.5, 0.6) is 0 Å². The van der Waals surface area contributed by atoms with Crippen molar-refractivity contribution in [2.45, 2.75) is 13.5 Å². The number of aryl methyl sites for hydroxylation is 1. The molecule has 0 aromatic heterocycles. The van der Waals surface area contributed by atoms with Crippen molar-refractivity contribution in [1.82, 2.24) is 10.2 Å². The second-order valence-electron chi connectivity index (χ2n) is 6.22. The molecule has 1 saturated heterocycles. The molecule has 1 aliphatic rings. The molecule has 1 N–H and O–H groups in total. The lowest BCUT2D eigenvalue weighted by atomic mass is 10.1. The van der Waals surface area contributed by atoms with Gasteiger partial charge in [-0.15, -0.1) is 0 Å². The first-order valence-corrected chi connectivity index (χ1v) is 9.47. The van der Waals surface area contributed by atoms with Gasteiger partial charge in [0.25, 0.3) is 0 Å². The van der Waals surface area contributed by atoms with E-state index in [0.717, 1.165) is 43.5 Å². The highest BCUT2D eigenvalue weighted by molar-refractivity contribution is 7.80. The predicted molar refractivity (Wildman–Crippen MR) is 111 cm³/mol. The van der Waals surface area contributed by atoms with Crippen LogP contribution in [0, 0.1) is 6.92 Å². The highest BCUT2D eigenvalue weighted by Gasteiger charge is 2.19. The van der Waals surface area contributed by atoms with Crippen molar-refractivity contribution in [1.29, 1.82) is 0 Å². The first-order chi connectivity index (χ1) is 12.0. The average Bonchev–Trinajstić information content (AvgIpc) is 2.63. The Morgan fingerprint density at radius 2 is 1.68 bits per heavy atom. The molecular formula is C19H21Cl2N3S. The van der Waals surface area contributed by atoms with Gasteiger partial charge in [-0.3, -0.25) is 0 Å². The van der Waals surface area contributed by atoms with E-state index in [2.05, 4.69) is 46.3 Å². The molecule has 2 aromatic rings. The SMILES string of the molecule is Cc1ccc(CNC(=S)N2CCN(c3ccc(Cl)c(Cl)c3)CC2)cc1. The topological polar surface area (TPSA) is 18.5 Å². The van der Waals surface area contributed by atoms with Crippen LogP contribution in [0.1, 0.15) is 11.1 Å². The van der Waals surface area contributed by atoms with E-state index >= 15 is 0 Å². The highest BCUT2D eigenvalue weighted by Crippen LogP contribution is 2.27. The molecule has 3 nitrogen and oxygen atoms in total. The van der Waals surface area contributed by atoms with Crippen molar-refractivity contribution in [2.75, 3.05) is 31.1 Å². The molecule has 0 radical (unpaired) electrons. The minimum Gasteiger partial charge on any atom is -0.368 e. The lowest BCUT2D eigenvalue weighted by Crippen LogP contribution is -2.51. The van der Waals surface area contributed by atoms with E-state index in [1.807, 2.05) is 18.2 Å². The number of anilines is 1. The molecule has 132 valence electrons. The number of hydrogen-bond donors (Lipinski definition) is 1. The molecule has 3 rings (SSSR count). The van der Waals surface area contributed by atoms with Crippen LogP contribution in [0.4, 0.5) is 5.69 Å². The maximum atomic E-state index is 6.12. The fourth-order valence-electron chi connectivity index (χ4n) is 2.84. The summed E-state index contributed by atoms with van der Waals surface area (Å²) in [5.41, 5.74) is 3.61. The molecule has 0 bridgehead atoms. The van der Waals surface area contributed by atoms with Crippen molar-refractivity contribution < 1.29 is 0 Å². The predicted octanol–water partition coefficient (Wildman–Crippen LogP) is 4.50. The summed E-state index contributed by atoms with van der Waals surface area (Å²) in [4.78, 5) is 4.53. The maximum absolute atomic E-state index is 6.12. The Hall–Kier alpha value is -1.49. The van der Waals surface area contributed by atoms with Crippen LogP contribution in [0.25, 0.3) is 0 Å². The minimum atomic E-state index is 0.588. The summed E-state index contributed by atoms with van der Waals surface area (Å²) in [6.07, 6.45) is 0. The molecule has 0 aliphatic carbocycles. The quantitative estimate of drug-likeness (QED) is 0.773. The van der Waals surface area contributed by atoms with Crippen molar-refractivity contribution in [3.05, 3.63) is 63.6 Å². The number of piperazine rings is 1. The standard InChI is InChI=1S/C19H21Cl2N3S/c1-14-2-4-15(5-3-14)13-22-19(25)24-10-8-23(9-11-24)16-6-7-17(20)18(21)12-16/h2-7,12H,8-11,13H2,1H3,(H,22,25). The maximum Gasteiger partial charge on any atom is 0.169 e. The Kier molecular flexibility index (Phi) is 6.05. The molecule has 1 fully saturated rings. The van der Waals surface area contributed by atoms with E-state index < -0.39 is 0 Å². The summed E-state index contributed by atoms with van der Waals surface area (Å²) >= 11 is 17.7. The zero-order valence-corrected chi connectivity index (χ0v) is 16.5. The summed E-state index contributed by atoms with van der Waals surface area (Å²) in [7, 11) is 0. The summed E-state index contributed by atoms with van der Waals surface area (Å²) in [5.74, 6) is 0.